The van der Waals surface area contributed by atoms with Crippen LogP contribution in [0.1, 0.15) is 124 Å². The number of benzene rings is 4. The van der Waals surface area contributed by atoms with Gasteiger partial charge in [0.15, 0.2) is 0 Å². The molecule has 4 aromatic rings. The summed E-state index contributed by atoms with van der Waals surface area (Å²) in [4.78, 5) is 15.9. The summed E-state index contributed by atoms with van der Waals surface area (Å²) in [6, 6.07) is 30.0. The number of aliphatic imine (C=N–C) groups is 3. The Labute approximate surface area is 272 Å². The van der Waals surface area contributed by atoms with Crippen LogP contribution < -0.4 is 0 Å². The van der Waals surface area contributed by atoms with Crippen LogP contribution in [0, 0.1) is 13.8 Å². The topological polar surface area (TPSA) is 37.1 Å². The van der Waals surface area contributed by atoms with Gasteiger partial charge in [-0.3, -0.25) is 9.98 Å². The molecule has 0 aliphatic rings. The molecule has 0 bridgehead atoms. The van der Waals surface area contributed by atoms with E-state index in [1.54, 1.807) is 0 Å². The lowest BCUT2D eigenvalue weighted by atomic mass is 9.90. The Hall–Kier alpha value is -4.11. The fourth-order valence-corrected chi connectivity index (χ4v) is 5.76. The molecule has 0 aliphatic carbocycles. The second-order valence-corrected chi connectivity index (χ2v) is 13.5. The molecular weight excluding hydrogens is 546 g/mol. The second kappa shape index (κ2) is 15.3. The van der Waals surface area contributed by atoms with Crippen molar-refractivity contribution in [1.29, 1.82) is 0 Å². The third-order valence-electron chi connectivity index (χ3n) is 8.22. The molecule has 0 spiro atoms. The SMILES string of the molecule is Cc1cc(C(C)C)c(N=C(C=NCC(=Nc2c(C(C)C)cc(C)cc2C(C)C)c2ccccc2)c2ccccc2)c(C(C)C)c1. The van der Waals surface area contributed by atoms with Gasteiger partial charge in [-0.25, -0.2) is 4.99 Å². The molecule has 0 radical (unpaired) electrons. The number of nitrogens with zero attached hydrogens (tertiary/aromatic N) is 3. The van der Waals surface area contributed by atoms with Crippen LogP contribution in [0.3, 0.4) is 0 Å². The Kier molecular flexibility index (Phi) is 11.4. The average molecular weight is 598 g/mol. The molecule has 45 heavy (non-hydrogen) atoms. The van der Waals surface area contributed by atoms with Crippen molar-refractivity contribution in [1.82, 2.24) is 0 Å². The minimum atomic E-state index is 0.353. The quantitative estimate of drug-likeness (QED) is 0.154. The summed E-state index contributed by atoms with van der Waals surface area (Å²) >= 11 is 0. The zero-order chi connectivity index (χ0) is 32.7. The van der Waals surface area contributed by atoms with Crippen molar-refractivity contribution in [2.45, 2.75) is 92.9 Å². The first kappa shape index (κ1) is 33.8. The molecule has 0 aromatic heterocycles. The van der Waals surface area contributed by atoms with E-state index < -0.39 is 0 Å². The van der Waals surface area contributed by atoms with Crippen molar-refractivity contribution < 1.29 is 0 Å². The Morgan fingerprint density at radius 2 is 0.911 bits per heavy atom. The van der Waals surface area contributed by atoms with Crippen molar-refractivity contribution in [2.75, 3.05) is 6.54 Å². The van der Waals surface area contributed by atoms with Gasteiger partial charge in [0.25, 0.3) is 0 Å². The fraction of sp³-hybridized carbons (Fsp3) is 0.357. The van der Waals surface area contributed by atoms with Gasteiger partial charge in [-0.2, -0.15) is 0 Å². The highest BCUT2D eigenvalue weighted by Gasteiger charge is 2.18. The number of hydrogen-bond donors (Lipinski definition) is 0. The number of hydrogen-bond acceptors (Lipinski definition) is 3. The maximum atomic E-state index is 5.41. The normalized spacial score (nSPS) is 12.8. The van der Waals surface area contributed by atoms with Crippen molar-refractivity contribution in [3.63, 3.8) is 0 Å². The van der Waals surface area contributed by atoms with Crippen LogP contribution in [0.25, 0.3) is 0 Å². The summed E-state index contributed by atoms with van der Waals surface area (Å²) < 4.78 is 0. The van der Waals surface area contributed by atoms with Crippen molar-refractivity contribution in [3.8, 4) is 0 Å². The van der Waals surface area contributed by atoms with E-state index in [2.05, 4.69) is 148 Å². The van der Waals surface area contributed by atoms with E-state index >= 15 is 0 Å². The van der Waals surface area contributed by atoms with Crippen LogP contribution in [0.2, 0.25) is 0 Å². The highest BCUT2D eigenvalue weighted by atomic mass is 14.8. The smallest absolute Gasteiger partial charge is 0.0887 e. The summed E-state index contributed by atoms with van der Waals surface area (Å²) in [6.45, 7) is 22.8. The van der Waals surface area contributed by atoms with Crippen LogP contribution in [0.15, 0.2) is 99.9 Å². The lowest BCUT2D eigenvalue weighted by Gasteiger charge is -2.19. The predicted octanol–water partition coefficient (Wildman–Crippen LogP) is 11.8. The molecule has 4 aromatic carbocycles. The van der Waals surface area contributed by atoms with Crippen LogP contribution in [-0.2, 0) is 0 Å². The molecule has 0 unspecified atom stereocenters. The molecule has 0 aliphatic heterocycles. The monoisotopic (exact) mass is 597 g/mol. The van der Waals surface area contributed by atoms with E-state index in [0.29, 0.717) is 30.2 Å². The summed E-state index contributed by atoms with van der Waals surface area (Å²) in [5.74, 6) is 1.43. The largest absolute Gasteiger partial charge is 0.285 e. The summed E-state index contributed by atoms with van der Waals surface area (Å²) in [6.07, 6.45) is 1.95. The van der Waals surface area contributed by atoms with Crippen molar-refractivity contribution in [2.24, 2.45) is 15.0 Å². The number of aryl methyl sites for hydroxylation is 2. The minimum Gasteiger partial charge on any atom is -0.285 e. The fourth-order valence-electron chi connectivity index (χ4n) is 5.76. The van der Waals surface area contributed by atoms with Gasteiger partial charge >= 0.3 is 0 Å². The van der Waals surface area contributed by atoms with Gasteiger partial charge in [-0.1, -0.05) is 151 Å². The zero-order valence-electron chi connectivity index (χ0n) is 29.0. The summed E-state index contributed by atoms with van der Waals surface area (Å²) in [5.41, 5.74) is 13.8. The van der Waals surface area contributed by atoms with E-state index in [9.17, 15) is 0 Å². The number of rotatable bonds is 11. The molecule has 0 heterocycles. The maximum Gasteiger partial charge on any atom is 0.0887 e. The van der Waals surface area contributed by atoms with Crippen LogP contribution in [0.4, 0.5) is 11.4 Å². The van der Waals surface area contributed by atoms with Crippen LogP contribution >= 0.6 is 0 Å². The minimum absolute atomic E-state index is 0.353. The second-order valence-electron chi connectivity index (χ2n) is 13.5. The van der Waals surface area contributed by atoms with Crippen LogP contribution in [-0.4, -0.2) is 24.2 Å². The molecule has 3 heteroatoms. The molecule has 0 saturated heterocycles. The molecule has 0 saturated carbocycles. The Bertz CT molecular complexity index is 1610. The molecule has 0 atom stereocenters. The third-order valence-corrected chi connectivity index (χ3v) is 8.22. The van der Waals surface area contributed by atoms with Crippen LogP contribution in [0.5, 0.6) is 0 Å². The first-order valence-electron chi connectivity index (χ1n) is 16.5. The van der Waals surface area contributed by atoms with E-state index in [4.69, 9.17) is 15.0 Å². The van der Waals surface area contributed by atoms with Gasteiger partial charge in [0.2, 0.25) is 0 Å². The maximum absolute atomic E-state index is 5.41. The van der Waals surface area contributed by atoms with E-state index in [-0.39, 0.29) is 0 Å². The van der Waals surface area contributed by atoms with Gasteiger partial charge in [-0.05, 0) is 65.3 Å². The first-order chi connectivity index (χ1) is 21.5. The van der Waals surface area contributed by atoms with E-state index in [0.717, 1.165) is 33.9 Å². The Morgan fingerprint density at radius 1 is 0.533 bits per heavy atom. The van der Waals surface area contributed by atoms with E-state index in [1.165, 1.54) is 33.4 Å². The third kappa shape index (κ3) is 8.54. The highest BCUT2D eigenvalue weighted by Crippen LogP contribution is 2.38. The summed E-state index contributed by atoms with van der Waals surface area (Å²) in [7, 11) is 0. The van der Waals surface area contributed by atoms with Gasteiger partial charge < -0.3 is 0 Å². The van der Waals surface area contributed by atoms with Gasteiger partial charge in [0.1, 0.15) is 0 Å². The Balaban J connectivity index is 1.88. The highest BCUT2D eigenvalue weighted by molar-refractivity contribution is 6.39. The molecule has 0 amide bonds. The molecule has 3 nitrogen and oxygen atoms in total. The first-order valence-corrected chi connectivity index (χ1v) is 16.5. The Morgan fingerprint density at radius 3 is 1.31 bits per heavy atom. The molecular formula is C42H51N3. The summed E-state index contributed by atoms with van der Waals surface area (Å²) in [5, 5.41) is 0. The zero-order valence-corrected chi connectivity index (χ0v) is 29.0. The lowest BCUT2D eigenvalue weighted by molar-refractivity contribution is 0.831. The van der Waals surface area contributed by atoms with Gasteiger partial charge in [-0.15, -0.1) is 0 Å². The average Bonchev–Trinajstić information content (AvgIpc) is 3.01. The molecule has 0 N–H and O–H groups in total. The molecule has 234 valence electrons. The van der Waals surface area contributed by atoms with E-state index in [1.807, 2.05) is 12.3 Å². The standard InChI is InChI=1S/C42H51N3/c1-27(2)35-21-31(9)22-36(28(3)4)41(35)44-39(33-17-13-11-14-18-33)25-43-26-40(34-19-15-12-16-20-34)45-42-37(29(5)6)23-32(10)24-38(42)30(7)8/h11-25,27-30H,26H2,1-10H3. The predicted molar refractivity (Wildman–Crippen MR) is 197 cm³/mol. The molecule has 4 rings (SSSR count). The van der Waals surface area contributed by atoms with Crippen molar-refractivity contribution >= 4 is 29.0 Å². The van der Waals surface area contributed by atoms with Crippen molar-refractivity contribution in [3.05, 3.63) is 129 Å². The van der Waals surface area contributed by atoms with Gasteiger partial charge in [0.05, 0.1) is 29.3 Å². The van der Waals surface area contributed by atoms with Gasteiger partial charge in [0, 0.05) is 11.8 Å². The molecule has 0 fully saturated rings. The lowest BCUT2D eigenvalue weighted by Crippen LogP contribution is -2.10.